The smallest absolute Gasteiger partial charge is 0.338 e. The molecule has 7 nitrogen and oxygen atoms in total. The fourth-order valence-electron chi connectivity index (χ4n) is 2.58. The topological polar surface area (TPSA) is 84.9 Å². The third kappa shape index (κ3) is 4.55. The zero-order valence-corrected chi connectivity index (χ0v) is 14.1. The molecule has 2 unspecified atom stereocenters. The van der Waals surface area contributed by atoms with E-state index in [1.54, 1.807) is 19.1 Å². The summed E-state index contributed by atoms with van der Waals surface area (Å²) in [6.07, 6.45) is -0.205. The van der Waals surface area contributed by atoms with Crippen molar-refractivity contribution in [1.82, 2.24) is 4.90 Å². The number of anilines is 1. The maximum Gasteiger partial charge on any atom is 0.338 e. The van der Waals surface area contributed by atoms with Gasteiger partial charge in [-0.2, -0.15) is 0 Å². The molecule has 0 radical (unpaired) electrons. The van der Waals surface area contributed by atoms with Gasteiger partial charge in [0.25, 0.3) is 0 Å². The number of hydrogen-bond donors (Lipinski definition) is 1. The number of esters is 1. The number of rotatable bonds is 3. The normalized spacial score (nSPS) is 20.4. The minimum absolute atomic E-state index is 0.102. The second-order valence-corrected chi connectivity index (χ2v) is 5.72. The Bertz CT molecular complexity index is 604. The van der Waals surface area contributed by atoms with Crippen molar-refractivity contribution in [3.8, 4) is 0 Å². The van der Waals surface area contributed by atoms with E-state index in [0.29, 0.717) is 30.9 Å². The fourth-order valence-corrected chi connectivity index (χ4v) is 2.58. The Balaban J connectivity index is 1.96. The van der Waals surface area contributed by atoms with Crippen LogP contribution in [0, 0.1) is 0 Å². The zero-order chi connectivity index (χ0) is 17.7. The molecule has 0 aliphatic carbocycles. The van der Waals surface area contributed by atoms with Crippen LogP contribution in [0.2, 0.25) is 0 Å². The van der Waals surface area contributed by atoms with Crippen LogP contribution in [0.5, 0.6) is 0 Å². The number of benzene rings is 1. The maximum atomic E-state index is 12.2. The summed E-state index contributed by atoms with van der Waals surface area (Å²) < 4.78 is 10.4. The molecule has 24 heavy (non-hydrogen) atoms. The highest BCUT2D eigenvalue weighted by molar-refractivity contribution is 6.39. The van der Waals surface area contributed by atoms with Gasteiger partial charge < -0.3 is 19.7 Å². The first kappa shape index (κ1) is 17.9. The van der Waals surface area contributed by atoms with E-state index < -0.39 is 17.8 Å². The molecule has 0 spiro atoms. The van der Waals surface area contributed by atoms with Crippen molar-refractivity contribution < 1.29 is 23.9 Å². The first-order chi connectivity index (χ1) is 11.4. The summed E-state index contributed by atoms with van der Waals surface area (Å²) in [6.45, 7) is 6.52. The Labute approximate surface area is 140 Å². The molecule has 0 saturated carbocycles. The van der Waals surface area contributed by atoms with Crippen LogP contribution in [0.25, 0.3) is 0 Å². The number of ether oxygens (including phenoxy) is 2. The molecule has 1 aromatic rings. The summed E-state index contributed by atoms with van der Waals surface area (Å²) in [7, 11) is 0. The summed E-state index contributed by atoms with van der Waals surface area (Å²) in [5.74, 6) is -1.73. The van der Waals surface area contributed by atoms with Crippen LogP contribution in [-0.4, -0.2) is 54.6 Å². The standard InChI is InChI=1S/C17H22N2O5/c1-4-23-17(22)13-5-7-14(8-6-13)18-15(20)16(21)19-9-11(2)24-12(3)10-19/h5-8,11-12H,4,9-10H2,1-3H3,(H,18,20). The molecule has 1 saturated heterocycles. The second kappa shape index (κ2) is 7.92. The predicted octanol–water partition coefficient (Wildman–Crippen LogP) is 1.44. The highest BCUT2D eigenvalue weighted by Gasteiger charge is 2.29. The first-order valence-electron chi connectivity index (χ1n) is 7.93. The number of morpholine rings is 1. The first-order valence-corrected chi connectivity index (χ1v) is 7.93. The molecule has 1 aromatic carbocycles. The molecule has 2 rings (SSSR count). The molecule has 2 atom stereocenters. The van der Waals surface area contributed by atoms with Crippen molar-refractivity contribution in [2.75, 3.05) is 25.0 Å². The molecule has 2 amide bonds. The molecule has 1 aliphatic heterocycles. The Morgan fingerprint density at radius 1 is 1.17 bits per heavy atom. The van der Waals surface area contributed by atoms with Gasteiger partial charge in [0, 0.05) is 18.8 Å². The predicted molar refractivity (Wildman–Crippen MR) is 87.6 cm³/mol. The molecule has 1 heterocycles. The van der Waals surface area contributed by atoms with Gasteiger partial charge in [0.15, 0.2) is 0 Å². The highest BCUT2D eigenvalue weighted by Crippen LogP contribution is 2.13. The lowest BCUT2D eigenvalue weighted by Gasteiger charge is -2.34. The van der Waals surface area contributed by atoms with E-state index in [1.807, 2.05) is 13.8 Å². The second-order valence-electron chi connectivity index (χ2n) is 5.72. The van der Waals surface area contributed by atoms with Gasteiger partial charge in [0.2, 0.25) is 0 Å². The average molecular weight is 334 g/mol. The van der Waals surface area contributed by atoms with Crippen LogP contribution in [-0.2, 0) is 19.1 Å². The fraction of sp³-hybridized carbons (Fsp3) is 0.471. The van der Waals surface area contributed by atoms with Crippen LogP contribution in [0.4, 0.5) is 5.69 Å². The van der Waals surface area contributed by atoms with Crippen molar-refractivity contribution >= 4 is 23.5 Å². The zero-order valence-electron chi connectivity index (χ0n) is 14.1. The largest absolute Gasteiger partial charge is 0.462 e. The lowest BCUT2D eigenvalue weighted by atomic mass is 10.2. The molecular formula is C17H22N2O5. The summed E-state index contributed by atoms with van der Waals surface area (Å²) in [5.41, 5.74) is 0.827. The van der Waals surface area contributed by atoms with Gasteiger partial charge in [-0.3, -0.25) is 9.59 Å². The van der Waals surface area contributed by atoms with E-state index in [-0.39, 0.29) is 12.2 Å². The molecular weight excluding hydrogens is 312 g/mol. The third-order valence-corrected chi connectivity index (χ3v) is 3.55. The SMILES string of the molecule is CCOC(=O)c1ccc(NC(=O)C(=O)N2CC(C)OC(C)C2)cc1. The van der Waals surface area contributed by atoms with Crippen molar-refractivity contribution in [3.05, 3.63) is 29.8 Å². The van der Waals surface area contributed by atoms with Gasteiger partial charge in [-0.15, -0.1) is 0 Å². The van der Waals surface area contributed by atoms with Crippen molar-refractivity contribution in [3.63, 3.8) is 0 Å². The number of nitrogens with one attached hydrogen (secondary N) is 1. The lowest BCUT2D eigenvalue weighted by Crippen LogP contribution is -2.51. The number of amides is 2. The Morgan fingerprint density at radius 2 is 1.75 bits per heavy atom. The van der Waals surface area contributed by atoms with Gasteiger partial charge in [0.05, 0.1) is 24.4 Å². The van der Waals surface area contributed by atoms with Crippen LogP contribution in [0.1, 0.15) is 31.1 Å². The van der Waals surface area contributed by atoms with Crippen LogP contribution < -0.4 is 5.32 Å². The van der Waals surface area contributed by atoms with Crippen LogP contribution in [0.15, 0.2) is 24.3 Å². The quantitative estimate of drug-likeness (QED) is 0.668. The Kier molecular flexibility index (Phi) is 5.92. The molecule has 1 aliphatic rings. The van der Waals surface area contributed by atoms with Crippen molar-refractivity contribution in [2.45, 2.75) is 33.0 Å². The van der Waals surface area contributed by atoms with Crippen molar-refractivity contribution in [1.29, 1.82) is 0 Å². The summed E-state index contributed by atoms with van der Waals surface area (Å²) >= 11 is 0. The van der Waals surface area contributed by atoms with E-state index in [2.05, 4.69) is 5.32 Å². The van der Waals surface area contributed by atoms with E-state index in [9.17, 15) is 14.4 Å². The van der Waals surface area contributed by atoms with E-state index in [0.717, 1.165) is 0 Å². The summed E-state index contributed by atoms with van der Waals surface area (Å²) in [5, 5.41) is 2.54. The number of hydrogen-bond acceptors (Lipinski definition) is 5. The number of carbonyl (C=O) groups is 3. The minimum Gasteiger partial charge on any atom is -0.462 e. The van der Waals surface area contributed by atoms with Gasteiger partial charge in [-0.1, -0.05) is 0 Å². The van der Waals surface area contributed by atoms with E-state index in [4.69, 9.17) is 9.47 Å². The molecule has 130 valence electrons. The van der Waals surface area contributed by atoms with Gasteiger partial charge >= 0.3 is 17.8 Å². The molecule has 1 N–H and O–H groups in total. The molecule has 7 heteroatoms. The van der Waals surface area contributed by atoms with Crippen LogP contribution in [0.3, 0.4) is 0 Å². The maximum absolute atomic E-state index is 12.2. The minimum atomic E-state index is -0.708. The van der Waals surface area contributed by atoms with E-state index >= 15 is 0 Å². The van der Waals surface area contributed by atoms with Gasteiger partial charge in [0.1, 0.15) is 0 Å². The highest BCUT2D eigenvalue weighted by atomic mass is 16.5. The van der Waals surface area contributed by atoms with Crippen LogP contribution >= 0.6 is 0 Å². The molecule has 0 bridgehead atoms. The van der Waals surface area contributed by atoms with Gasteiger partial charge in [-0.25, -0.2) is 4.79 Å². The average Bonchev–Trinajstić information content (AvgIpc) is 2.54. The summed E-state index contributed by atoms with van der Waals surface area (Å²) in [6, 6.07) is 6.19. The number of nitrogens with zero attached hydrogens (tertiary/aromatic N) is 1. The molecule has 1 fully saturated rings. The molecule has 0 aromatic heterocycles. The van der Waals surface area contributed by atoms with E-state index in [1.165, 1.54) is 17.0 Å². The number of carbonyl (C=O) groups excluding carboxylic acids is 3. The monoisotopic (exact) mass is 334 g/mol. The lowest BCUT2D eigenvalue weighted by molar-refractivity contribution is -0.151. The van der Waals surface area contributed by atoms with Gasteiger partial charge in [-0.05, 0) is 45.0 Å². The Hall–Kier alpha value is -2.41. The Morgan fingerprint density at radius 3 is 2.29 bits per heavy atom. The third-order valence-electron chi connectivity index (χ3n) is 3.55. The summed E-state index contributed by atoms with van der Waals surface area (Å²) in [4.78, 5) is 37.4. The van der Waals surface area contributed by atoms with Crippen molar-refractivity contribution in [2.24, 2.45) is 0 Å².